The van der Waals surface area contributed by atoms with E-state index in [4.69, 9.17) is 0 Å². The van der Waals surface area contributed by atoms with Crippen molar-refractivity contribution in [2.75, 3.05) is 13.1 Å². The highest BCUT2D eigenvalue weighted by molar-refractivity contribution is 6.00. The van der Waals surface area contributed by atoms with Crippen LogP contribution >= 0.6 is 0 Å². The molecule has 1 N–H and O–H groups in total. The normalized spacial score (nSPS) is 27.6. The van der Waals surface area contributed by atoms with Crippen molar-refractivity contribution >= 4 is 11.8 Å². The summed E-state index contributed by atoms with van der Waals surface area (Å²) in [5, 5.41) is 2.46. The molecule has 1 atom stereocenters. The van der Waals surface area contributed by atoms with Crippen LogP contribution in [0.4, 0.5) is 0 Å². The summed E-state index contributed by atoms with van der Waals surface area (Å²) in [6.07, 6.45) is 7.70. The van der Waals surface area contributed by atoms with Gasteiger partial charge in [0.1, 0.15) is 0 Å². The Labute approximate surface area is 125 Å². The smallest absolute Gasteiger partial charge is 0.243 e. The zero-order valence-corrected chi connectivity index (χ0v) is 12.7. The van der Waals surface area contributed by atoms with E-state index in [-0.39, 0.29) is 17.9 Å². The SMILES string of the molecule is CC1=CC2=C(C=C(C)C1)CN(C1CCC(=O)NC1=O)CC2. The summed E-state index contributed by atoms with van der Waals surface area (Å²) >= 11 is 0. The highest BCUT2D eigenvalue weighted by Gasteiger charge is 2.33. The fourth-order valence-corrected chi connectivity index (χ4v) is 3.56. The lowest BCUT2D eigenvalue weighted by atomic mass is 9.95. The van der Waals surface area contributed by atoms with Gasteiger partial charge in [-0.2, -0.15) is 0 Å². The average molecular weight is 286 g/mol. The molecule has 112 valence electrons. The largest absolute Gasteiger partial charge is 0.295 e. The molecule has 1 unspecified atom stereocenters. The molecule has 0 spiro atoms. The topological polar surface area (TPSA) is 49.4 Å². The van der Waals surface area contributed by atoms with Gasteiger partial charge in [-0.05, 0) is 44.3 Å². The van der Waals surface area contributed by atoms with Crippen LogP contribution in [0.5, 0.6) is 0 Å². The van der Waals surface area contributed by atoms with Gasteiger partial charge in [0.15, 0.2) is 0 Å². The molecule has 3 aliphatic rings. The molecule has 0 radical (unpaired) electrons. The maximum atomic E-state index is 12.0. The second kappa shape index (κ2) is 5.60. The number of carbonyl (C=O) groups excluding carboxylic acids is 2. The first-order valence-corrected chi connectivity index (χ1v) is 7.67. The predicted molar refractivity (Wildman–Crippen MR) is 81.5 cm³/mol. The molecule has 1 aliphatic carbocycles. The standard InChI is InChI=1S/C17H22N2O2/c1-11-7-12(2)9-14-10-19(6-5-13(14)8-11)15-3-4-16(20)18-17(15)21/h8-9,15H,3-7,10H2,1-2H3,(H,18,20,21). The Hall–Kier alpha value is -1.68. The van der Waals surface area contributed by atoms with Crippen molar-refractivity contribution in [2.45, 2.75) is 45.6 Å². The van der Waals surface area contributed by atoms with Crippen LogP contribution in [0.1, 0.15) is 39.5 Å². The molecule has 1 fully saturated rings. The minimum absolute atomic E-state index is 0.128. The van der Waals surface area contributed by atoms with E-state index in [2.05, 4.69) is 36.2 Å². The van der Waals surface area contributed by atoms with Gasteiger partial charge >= 0.3 is 0 Å². The van der Waals surface area contributed by atoms with E-state index >= 15 is 0 Å². The van der Waals surface area contributed by atoms with Gasteiger partial charge in [0, 0.05) is 19.5 Å². The lowest BCUT2D eigenvalue weighted by molar-refractivity contribution is -0.137. The number of carbonyl (C=O) groups is 2. The molecule has 0 aromatic rings. The highest BCUT2D eigenvalue weighted by Crippen LogP contribution is 2.29. The van der Waals surface area contributed by atoms with E-state index in [1.54, 1.807) is 0 Å². The van der Waals surface area contributed by atoms with Gasteiger partial charge in [-0.25, -0.2) is 0 Å². The van der Waals surface area contributed by atoms with E-state index in [0.29, 0.717) is 12.8 Å². The van der Waals surface area contributed by atoms with E-state index in [1.165, 1.54) is 22.3 Å². The molecule has 0 aromatic heterocycles. The van der Waals surface area contributed by atoms with Crippen LogP contribution in [0.15, 0.2) is 34.4 Å². The molecule has 2 heterocycles. The van der Waals surface area contributed by atoms with Crippen molar-refractivity contribution in [3.63, 3.8) is 0 Å². The molecule has 21 heavy (non-hydrogen) atoms. The van der Waals surface area contributed by atoms with Crippen molar-refractivity contribution in [1.29, 1.82) is 0 Å². The van der Waals surface area contributed by atoms with Gasteiger partial charge in [0.2, 0.25) is 11.8 Å². The van der Waals surface area contributed by atoms with Gasteiger partial charge in [0.25, 0.3) is 0 Å². The summed E-state index contributed by atoms with van der Waals surface area (Å²) in [5.74, 6) is -0.270. The van der Waals surface area contributed by atoms with Gasteiger partial charge in [-0.15, -0.1) is 0 Å². The third-order valence-electron chi connectivity index (χ3n) is 4.50. The van der Waals surface area contributed by atoms with Crippen LogP contribution < -0.4 is 5.32 Å². The quantitative estimate of drug-likeness (QED) is 0.751. The fraction of sp³-hybridized carbons (Fsp3) is 0.529. The second-order valence-corrected chi connectivity index (χ2v) is 6.40. The molecule has 0 saturated carbocycles. The number of nitrogens with zero attached hydrogens (tertiary/aromatic N) is 1. The molecule has 1 saturated heterocycles. The van der Waals surface area contributed by atoms with Crippen molar-refractivity contribution in [1.82, 2.24) is 10.2 Å². The van der Waals surface area contributed by atoms with Crippen molar-refractivity contribution in [3.8, 4) is 0 Å². The van der Waals surface area contributed by atoms with Crippen LogP contribution in [-0.2, 0) is 9.59 Å². The van der Waals surface area contributed by atoms with Gasteiger partial charge in [-0.1, -0.05) is 23.3 Å². The fourth-order valence-electron chi connectivity index (χ4n) is 3.56. The summed E-state index contributed by atoms with van der Waals surface area (Å²) < 4.78 is 0. The molecule has 0 bridgehead atoms. The third-order valence-corrected chi connectivity index (χ3v) is 4.50. The monoisotopic (exact) mass is 286 g/mol. The number of hydrogen-bond acceptors (Lipinski definition) is 3. The van der Waals surface area contributed by atoms with Crippen molar-refractivity contribution < 1.29 is 9.59 Å². The van der Waals surface area contributed by atoms with Crippen LogP contribution in [0.2, 0.25) is 0 Å². The predicted octanol–water partition coefficient (Wildman–Crippen LogP) is 2.09. The summed E-state index contributed by atoms with van der Waals surface area (Å²) in [6.45, 7) is 6.04. The first-order chi connectivity index (χ1) is 10.0. The van der Waals surface area contributed by atoms with Gasteiger partial charge < -0.3 is 0 Å². The molecule has 4 nitrogen and oxygen atoms in total. The number of hydrogen-bond donors (Lipinski definition) is 1. The minimum Gasteiger partial charge on any atom is -0.295 e. The lowest BCUT2D eigenvalue weighted by Crippen LogP contribution is -2.53. The molecule has 0 aromatic carbocycles. The average Bonchev–Trinajstić information content (AvgIpc) is 2.54. The Morgan fingerprint density at radius 3 is 2.52 bits per heavy atom. The van der Waals surface area contributed by atoms with Crippen molar-refractivity contribution in [2.24, 2.45) is 0 Å². The Kier molecular flexibility index (Phi) is 3.81. The zero-order valence-electron chi connectivity index (χ0n) is 12.7. The lowest BCUT2D eigenvalue weighted by Gasteiger charge is -2.36. The minimum atomic E-state index is -0.154. The van der Waals surface area contributed by atoms with Crippen LogP contribution in [-0.4, -0.2) is 35.8 Å². The van der Waals surface area contributed by atoms with E-state index in [0.717, 1.165) is 25.9 Å². The maximum Gasteiger partial charge on any atom is 0.243 e. The number of piperidine rings is 1. The maximum absolute atomic E-state index is 12.0. The van der Waals surface area contributed by atoms with E-state index < -0.39 is 0 Å². The molecule has 3 rings (SSSR count). The Morgan fingerprint density at radius 2 is 1.81 bits per heavy atom. The highest BCUT2D eigenvalue weighted by atomic mass is 16.2. The zero-order chi connectivity index (χ0) is 15.0. The van der Waals surface area contributed by atoms with Crippen LogP contribution in [0, 0.1) is 0 Å². The summed E-state index contributed by atoms with van der Waals surface area (Å²) in [5.41, 5.74) is 5.52. The first-order valence-electron chi connectivity index (χ1n) is 7.67. The second-order valence-electron chi connectivity index (χ2n) is 6.40. The van der Waals surface area contributed by atoms with E-state index in [9.17, 15) is 9.59 Å². The molecular weight excluding hydrogens is 264 g/mol. The third kappa shape index (κ3) is 3.00. The summed E-state index contributed by atoms with van der Waals surface area (Å²) in [4.78, 5) is 25.5. The van der Waals surface area contributed by atoms with Crippen LogP contribution in [0.25, 0.3) is 0 Å². The number of imide groups is 1. The summed E-state index contributed by atoms with van der Waals surface area (Å²) in [7, 11) is 0. The first kappa shape index (κ1) is 14.3. The van der Waals surface area contributed by atoms with Gasteiger partial charge in [-0.3, -0.25) is 19.8 Å². The molecular formula is C17H22N2O2. The number of amides is 2. The molecule has 4 heteroatoms. The molecule has 2 amide bonds. The summed E-state index contributed by atoms with van der Waals surface area (Å²) in [6, 6.07) is -0.154. The Bertz CT molecular complexity index is 584. The van der Waals surface area contributed by atoms with Crippen molar-refractivity contribution in [3.05, 3.63) is 34.4 Å². The Morgan fingerprint density at radius 1 is 1.10 bits per heavy atom. The number of allylic oxidation sites excluding steroid dienone is 3. The number of nitrogens with one attached hydrogen (secondary N) is 1. The Balaban J connectivity index is 1.80. The van der Waals surface area contributed by atoms with Crippen LogP contribution in [0.3, 0.4) is 0 Å². The van der Waals surface area contributed by atoms with Gasteiger partial charge in [0.05, 0.1) is 6.04 Å². The number of rotatable bonds is 1. The van der Waals surface area contributed by atoms with E-state index in [1.807, 2.05) is 0 Å². The molecule has 2 aliphatic heterocycles.